The first-order chi connectivity index (χ1) is 7.75. The van der Waals surface area contributed by atoms with Crippen LogP contribution in [-0.4, -0.2) is 24.2 Å². The highest BCUT2D eigenvalue weighted by atomic mass is 32.1. The van der Waals surface area contributed by atoms with Crippen molar-refractivity contribution < 1.29 is 0 Å². The molecule has 0 N–H and O–H groups in total. The van der Waals surface area contributed by atoms with E-state index in [2.05, 4.69) is 49.0 Å². The molecular formula is C13H23NS2. The number of thiol groups is 1. The van der Waals surface area contributed by atoms with Gasteiger partial charge in [-0.25, -0.2) is 0 Å². The Morgan fingerprint density at radius 3 is 2.69 bits per heavy atom. The molecule has 1 aromatic heterocycles. The van der Waals surface area contributed by atoms with E-state index >= 15 is 0 Å². The maximum absolute atomic E-state index is 4.23. The smallest absolute Gasteiger partial charge is 0.0410 e. The van der Waals surface area contributed by atoms with Crippen molar-refractivity contribution in [2.75, 3.05) is 19.3 Å². The van der Waals surface area contributed by atoms with Gasteiger partial charge in [0.1, 0.15) is 0 Å². The van der Waals surface area contributed by atoms with Gasteiger partial charge >= 0.3 is 0 Å². The Morgan fingerprint density at radius 2 is 2.06 bits per heavy atom. The molecule has 1 rings (SSSR count). The van der Waals surface area contributed by atoms with Crippen LogP contribution in [0.25, 0.3) is 0 Å². The SMILES string of the molecule is CC(c1cccs1)N(C)CCCCCCS. The zero-order valence-corrected chi connectivity index (χ0v) is 12.1. The third-order valence-electron chi connectivity index (χ3n) is 3.04. The number of thiophene rings is 1. The van der Waals surface area contributed by atoms with Crippen LogP contribution in [0.15, 0.2) is 17.5 Å². The molecule has 0 aliphatic carbocycles. The molecule has 0 amide bonds. The van der Waals surface area contributed by atoms with Crippen molar-refractivity contribution in [3.63, 3.8) is 0 Å². The molecule has 0 aliphatic rings. The summed E-state index contributed by atoms with van der Waals surface area (Å²) in [4.78, 5) is 3.92. The summed E-state index contributed by atoms with van der Waals surface area (Å²) in [5.41, 5.74) is 0. The topological polar surface area (TPSA) is 3.24 Å². The second-order valence-electron chi connectivity index (χ2n) is 4.31. The standard InChI is InChI=1S/C13H23NS2/c1-12(13-8-7-11-16-13)14(2)9-5-3-4-6-10-15/h7-8,11-12,15H,3-6,9-10H2,1-2H3. The fraction of sp³-hybridized carbons (Fsp3) is 0.692. The van der Waals surface area contributed by atoms with E-state index in [0.29, 0.717) is 6.04 Å². The van der Waals surface area contributed by atoms with E-state index in [-0.39, 0.29) is 0 Å². The van der Waals surface area contributed by atoms with Crippen molar-refractivity contribution in [1.29, 1.82) is 0 Å². The number of hydrogen-bond donors (Lipinski definition) is 1. The summed E-state index contributed by atoms with van der Waals surface area (Å²) in [6, 6.07) is 4.92. The second kappa shape index (κ2) is 8.15. The summed E-state index contributed by atoms with van der Waals surface area (Å²) in [5, 5.41) is 2.16. The molecule has 1 heterocycles. The van der Waals surface area contributed by atoms with Gasteiger partial charge in [0.25, 0.3) is 0 Å². The second-order valence-corrected chi connectivity index (χ2v) is 5.74. The van der Waals surface area contributed by atoms with Crippen molar-refractivity contribution in [1.82, 2.24) is 4.90 Å². The molecule has 1 aromatic rings. The number of rotatable bonds is 8. The highest BCUT2D eigenvalue weighted by Crippen LogP contribution is 2.23. The van der Waals surface area contributed by atoms with Gasteiger partial charge in [-0.2, -0.15) is 12.6 Å². The van der Waals surface area contributed by atoms with Gasteiger partial charge in [-0.15, -0.1) is 11.3 Å². The first-order valence-electron chi connectivity index (χ1n) is 6.10. The predicted octanol–water partition coefficient (Wildman–Crippen LogP) is 4.23. The maximum atomic E-state index is 4.23. The minimum absolute atomic E-state index is 0.560. The van der Waals surface area contributed by atoms with Crippen molar-refractivity contribution in [3.8, 4) is 0 Å². The third-order valence-corrected chi connectivity index (χ3v) is 4.39. The molecule has 92 valence electrons. The van der Waals surface area contributed by atoms with Crippen LogP contribution >= 0.6 is 24.0 Å². The van der Waals surface area contributed by atoms with Gasteiger partial charge in [0.05, 0.1) is 0 Å². The molecule has 0 bridgehead atoms. The zero-order chi connectivity index (χ0) is 11.8. The van der Waals surface area contributed by atoms with Crippen LogP contribution in [0.3, 0.4) is 0 Å². The molecule has 1 atom stereocenters. The average molecular weight is 257 g/mol. The fourth-order valence-electron chi connectivity index (χ4n) is 1.77. The van der Waals surface area contributed by atoms with E-state index in [1.54, 1.807) is 0 Å². The van der Waals surface area contributed by atoms with Crippen molar-refractivity contribution in [2.24, 2.45) is 0 Å². The molecule has 16 heavy (non-hydrogen) atoms. The van der Waals surface area contributed by atoms with Crippen LogP contribution in [0.1, 0.15) is 43.5 Å². The highest BCUT2D eigenvalue weighted by Gasteiger charge is 2.11. The molecule has 3 heteroatoms. The van der Waals surface area contributed by atoms with Gasteiger partial charge in [-0.1, -0.05) is 18.9 Å². The Kier molecular flexibility index (Phi) is 7.17. The maximum Gasteiger partial charge on any atom is 0.0410 e. The lowest BCUT2D eigenvalue weighted by Crippen LogP contribution is -2.22. The lowest BCUT2D eigenvalue weighted by atomic mass is 10.2. The highest BCUT2D eigenvalue weighted by molar-refractivity contribution is 7.80. The molecule has 1 unspecified atom stereocenters. The van der Waals surface area contributed by atoms with Crippen LogP contribution in [0.5, 0.6) is 0 Å². The summed E-state index contributed by atoms with van der Waals surface area (Å²) < 4.78 is 0. The summed E-state index contributed by atoms with van der Waals surface area (Å²) >= 11 is 6.08. The lowest BCUT2D eigenvalue weighted by molar-refractivity contribution is 0.258. The van der Waals surface area contributed by atoms with Gasteiger partial charge in [-0.3, -0.25) is 4.90 Å². The monoisotopic (exact) mass is 257 g/mol. The Labute approximate surface area is 109 Å². The van der Waals surface area contributed by atoms with Crippen LogP contribution in [-0.2, 0) is 0 Å². The number of hydrogen-bond acceptors (Lipinski definition) is 3. The quantitative estimate of drug-likeness (QED) is 0.539. The summed E-state index contributed by atoms with van der Waals surface area (Å²) in [6.07, 6.45) is 5.22. The molecule has 0 aliphatic heterocycles. The molecule has 1 nitrogen and oxygen atoms in total. The normalized spacial score (nSPS) is 13.2. The first kappa shape index (κ1) is 14.1. The zero-order valence-electron chi connectivity index (χ0n) is 10.4. The Morgan fingerprint density at radius 1 is 1.31 bits per heavy atom. The minimum Gasteiger partial charge on any atom is -0.299 e. The van der Waals surface area contributed by atoms with Crippen LogP contribution in [0, 0.1) is 0 Å². The van der Waals surface area contributed by atoms with E-state index in [4.69, 9.17) is 0 Å². The summed E-state index contributed by atoms with van der Waals surface area (Å²) in [7, 11) is 2.23. The largest absolute Gasteiger partial charge is 0.299 e. The van der Waals surface area contributed by atoms with Crippen LogP contribution in [0.4, 0.5) is 0 Å². The van der Waals surface area contributed by atoms with E-state index in [9.17, 15) is 0 Å². The number of unbranched alkanes of at least 4 members (excludes halogenated alkanes) is 3. The molecule has 0 radical (unpaired) electrons. The Balaban J connectivity index is 2.17. The lowest BCUT2D eigenvalue weighted by Gasteiger charge is -2.23. The van der Waals surface area contributed by atoms with E-state index in [0.717, 1.165) is 5.75 Å². The van der Waals surface area contributed by atoms with Crippen LogP contribution in [0.2, 0.25) is 0 Å². The van der Waals surface area contributed by atoms with E-state index in [1.807, 2.05) is 11.3 Å². The van der Waals surface area contributed by atoms with E-state index in [1.165, 1.54) is 37.1 Å². The Bertz CT molecular complexity index is 259. The van der Waals surface area contributed by atoms with Gasteiger partial charge in [0.2, 0.25) is 0 Å². The van der Waals surface area contributed by atoms with Gasteiger partial charge in [-0.05, 0) is 50.6 Å². The van der Waals surface area contributed by atoms with Crippen molar-refractivity contribution in [3.05, 3.63) is 22.4 Å². The van der Waals surface area contributed by atoms with Gasteiger partial charge in [0.15, 0.2) is 0 Å². The predicted molar refractivity (Wildman–Crippen MR) is 77.7 cm³/mol. The molecular weight excluding hydrogens is 234 g/mol. The first-order valence-corrected chi connectivity index (χ1v) is 7.61. The third kappa shape index (κ3) is 4.89. The molecule has 0 saturated heterocycles. The fourth-order valence-corrected chi connectivity index (χ4v) is 2.84. The summed E-state index contributed by atoms with van der Waals surface area (Å²) in [5.74, 6) is 1.03. The molecule has 0 fully saturated rings. The average Bonchev–Trinajstić information content (AvgIpc) is 2.81. The van der Waals surface area contributed by atoms with Gasteiger partial charge in [0, 0.05) is 10.9 Å². The number of nitrogens with zero attached hydrogens (tertiary/aromatic N) is 1. The van der Waals surface area contributed by atoms with Gasteiger partial charge < -0.3 is 0 Å². The Hall–Kier alpha value is 0.01000. The van der Waals surface area contributed by atoms with Crippen molar-refractivity contribution in [2.45, 2.75) is 38.6 Å². The molecule has 0 saturated carbocycles. The van der Waals surface area contributed by atoms with Crippen molar-refractivity contribution >= 4 is 24.0 Å². The molecule has 0 aromatic carbocycles. The minimum atomic E-state index is 0.560. The van der Waals surface area contributed by atoms with Crippen LogP contribution < -0.4 is 0 Å². The summed E-state index contributed by atoms with van der Waals surface area (Å²) in [6.45, 7) is 3.49. The van der Waals surface area contributed by atoms with E-state index < -0.39 is 0 Å². The molecule has 0 spiro atoms.